The zero-order chi connectivity index (χ0) is 13.8. The van der Waals surface area contributed by atoms with Crippen molar-refractivity contribution >= 4 is 22.6 Å². The van der Waals surface area contributed by atoms with Crippen LogP contribution < -0.4 is 4.74 Å². The first-order valence-electron chi connectivity index (χ1n) is 6.13. The zero-order valence-electron chi connectivity index (χ0n) is 10.5. The second kappa shape index (κ2) is 6.00. The predicted octanol–water partition coefficient (Wildman–Crippen LogP) is 4.54. The summed E-state index contributed by atoms with van der Waals surface area (Å²) in [5, 5.41) is 0. The van der Waals surface area contributed by atoms with Crippen molar-refractivity contribution in [3.05, 3.63) is 70.7 Å². The number of benzene rings is 2. The largest absolute Gasteiger partial charge is 0.457 e. The van der Waals surface area contributed by atoms with Gasteiger partial charge in [0, 0.05) is 5.56 Å². The maximum atomic E-state index is 5.93. The zero-order valence-corrected chi connectivity index (χ0v) is 12.7. The predicted molar refractivity (Wildman–Crippen MR) is 86.7 cm³/mol. The molecule has 4 heteroatoms. The Kier molecular flexibility index (Phi) is 3.92. The van der Waals surface area contributed by atoms with Crippen molar-refractivity contribution in [3.8, 4) is 22.8 Å². The van der Waals surface area contributed by atoms with Crippen LogP contribution in [0.15, 0.2) is 67.0 Å². The summed E-state index contributed by atoms with van der Waals surface area (Å²) in [6, 6.07) is 17.5. The number of para-hydroxylation sites is 2. The van der Waals surface area contributed by atoms with E-state index in [-0.39, 0.29) is 0 Å². The molecule has 0 spiro atoms. The number of nitrogens with zero attached hydrogens (tertiary/aromatic N) is 2. The van der Waals surface area contributed by atoms with E-state index in [9.17, 15) is 0 Å². The Bertz CT molecular complexity index is 716. The van der Waals surface area contributed by atoms with E-state index in [0.717, 1.165) is 26.5 Å². The van der Waals surface area contributed by atoms with Gasteiger partial charge in [0.2, 0.25) is 0 Å². The van der Waals surface area contributed by atoms with Crippen molar-refractivity contribution in [2.24, 2.45) is 0 Å². The summed E-state index contributed by atoms with van der Waals surface area (Å²) < 4.78 is 6.79. The van der Waals surface area contributed by atoms with Gasteiger partial charge in [-0.05, 0) is 46.9 Å². The molecule has 0 amide bonds. The molecule has 0 aliphatic rings. The van der Waals surface area contributed by atoms with Gasteiger partial charge in [-0.15, -0.1) is 0 Å². The highest BCUT2D eigenvalue weighted by Gasteiger charge is 2.08. The maximum Gasteiger partial charge on any atom is 0.136 e. The molecule has 0 radical (unpaired) electrons. The smallest absolute Gasteiger partial charge is 0.136 e. The highest BCUT2D eigenvalue weighted by Crippen LogP contribution is 2.31. The Labute approximate surface area is 130 Å². The standard InChI is InChI=1S/C16H11IN2O/c17-16-11-18-10-14(19-16)13-8-4-5-9-15(13)20-12-6-2-1-3-7-12/h1-11H. The minimum atomic E-state index is 0.773. The summed E-state index contributed by atoms with van der Waals surface area (Å²) >= 11 is 2.15. The van der Waals surface area contributed by atoms with Gasteiger partial charge in [0.15, 0.2) is 0 Å². The fraction of sp³-hybridized carbons (Fsp3) is 0. The molecule has 1 heterocycles. The number of rotatable bonds is 3. The van der Waals surface area contributed by atoms with Crippen LogP contribution >= 0.6 is 22.6 Å². The summed E-state index contributed by atoms with van der Waals surface area (Å²) in [6.07, 6.45) is 3.47. The van der Waals surface area contributed by atoms with Gasteiger partial charge >= 0.3 is 0 Å². The molecule has 0 saturated carbocycles. The third kappa shape index (κ3) is 2.96. The van der Waals surface area contributed by atoms with Crippen molar-refractivity contribution in [2.75, 3.05) is 0 Å². The molecular weight excluding hydrogens is 363 g/mol. The van der Waals surface area contributed by atoms with Gasteiger partial charge < -0.3 is 4.74 Å². The summed E-state index contributed by atoms with van der Waals surface area (Å²) in [4.78, 5) is 8.67. The average molecular weight is 374 g/mol. The van der Waals surface area contributed by atoms with E-state index in [4.69, 9.17) is 4.74 Å². The fourth-order valence-electron chi connectivity index (χ4n) is 1.85. The topological polar surface area (TPSA) is 35.0 Å². The molecule has 0 aliphatic heterocycles. The summed E-state index contributed by atoms with van der Waals surface area (Å²) in [5.74, 6) is 1.58. The minimum Gasteiger partial charge on any atom is -0.457 e. The van der Waals surface area contributed by atoms with Crippen LogP contribution in [-0.2, 0) is 0 Å². The van der Waals surface area contributed by atoms with Crippen LogP contribution in [-0.4, -0.2) is 9.97 Å². The highest BCUT2D eigenvalue weighted by molar-refractivity contribution is 14.1. The van der Waals surface area contributed by atoms with E-state index in [2.05, 4.69) is 32.6 Å². The summed E-state index contributed by atoms with van der Waals surface area (Å²) in [6.45, 7) is 0. The first-order valence-corrected chi connectivity index (χ1v) is 7.20. The maximum absolute atomic E-state index is 5.93. The van der Waals surface area contributed by atoms with Crippen molar-refractivity contribution < 1.29 is 4.74 Å². The first kappa shape index (κ1) is 13.1. The number of halogens is 1. The van der Waals surface area contributed by atoms with Gasteiger partial charge in [-0.2, -0.15) is 0 Å². The van der Waals surface area contributed by atoms with Gasteiger partial charge in [0.25, 0.3) is 0 Å². The van der Waals surface area contributed by atoms with Crippen molar-refractivity contribution in [3.63, 3.8) is 0 Å². The van der Waals surface area contributed by atoms with Crippen molar-refractivity contribution in [1.29, 1.82) is 0 Å². The normalized spacial score (nSPS) is 10.2. The van der Waals surface area contributed by atoms with E-state index in [1.54, 1.807) is 12.4 Å². The first-order chi connectivity index (χ1) is 9.83. The molecule has 2 aromatic carbocycles. The lowest BCUT2D eigenvalue weighted by atomic mass is 10.1. The van der Waals surface area contributed by atoms with Crippen LogP contribution in [0, 0.1) is 3.70 Å². The Balaban J connectivity index is 2.00. The second-order valence-electron chi connectivity index (χ2n) is 4.14. The lowest BCUT2D eigenvalue weighted by Gasteiger charge is -2.10. The number of ether oxygens (including phenoxy) is 1. The Hall–Kier alpha value is -1.95. The monoisotopic (exact) mass is 374 g/mol. The van der Waals surface area contributed by atoms with Crippen LogP contribution in [0.3, 0.4) is 0 Å². The van der Waals surface area contributed by atoms with E-state index >= 15 is 0 Å². The quantitative estimate of drug-likeness (QED) is 0.632. The number of hydrogen-bond acceptors (Lipinski definition) is 3. The molecule has 3 rings (SSSR count). The van der Waals surface area contributed by atoms with Gasteiger partial charge in [-0.3, -0.25) is 4.98 Å². The Morgan fingerprint density at radius 1 is 0.850 bits per heavy atom. The molecule has 98 valence electrons. The average Bonchev–Trinajstić information content (AvgIpc) is 2.49. The van der Waals surface area contributed by atoms with Gasteiger partial charge in [0.05, 0.1) is 18.1 Å². The SMILES string of the molecule is Ic1cncc(-c2ccccc2Oc2ccccc2)n1. The van der Waals surface area contributed by atoms with Crippen LogP contribution in [0.25, 0.3) is 11.3 Å². The van der Waals surface area contributed by atoms with Crippen LogP contribution in [0.4, 0.5) is 0 Å². The molecule has 0 atom stereocenters. The number of hydrogen-bond donors (Lipinski definition) is 0. The lowest BCUT2D eigenvalue weighted by molar-refractivity contribution is 0.484. The lowest BCUT2D eigenvalue weighted by Crippen LogP contribution is -1.92. The molecule has 3 aromatic rings. The van der Waals surface area contributed by atoms with Crippen molar-refractivity contribution in [2.45, 2.75) is 0 Å². The second-order valence-corrected chi connectivity index (χ2v) is 5.24. The molecule has 0 N–H and O–H groups in total. The fourth-order valence-corrected chi connectivity index (χ4v) is 2.28. The van der Waals surface area contributed by atoms with Gasteiger partial charge in [-0.25, -0.2) is 4.98 Å². The van der Waals surface area contributed by atoms with Crippen LogP contribution in [0.2, 0.25) is 0 Å². The van der Waals surface area contributed by atoms with E-state index < -0.39 is 0 Å². The summed E-state index contributed by atoms with van der Waals surface area (Å²) in [7, 11) is 0. The van der Waals surface area contributed by atoms with E-state index in [1.807, 2.05) is 54.6 Å². The molecular formula is C16H11IN2O. The number of aromatic nitrogens is 2. The highest BCUT2D eigenvalue weighted by atomic mass is 127. The molecule has 0 aliphatic carbocycles. The third-order valence-electron chi connectivity index (χ3n) is 2.74. The van der Waals surface area contributed by atoms with Gasteiger partial charge in [0.1, 0.15) is 15.2 Å². The Morgan fingerprint density at radius 2 is 1.60 bits per heavy atom. The van der Waals surface area contributed by atoms with Gasteiger partial charge in [-0.1, -0.05) is 30.3 Å². The molecule has 0 bridgehead atoms. The molecule has 3 nitrogen and oxygen atoms in total. The Morgan fingerprint density at radius 3 is 2.40 bits per heavy atom. The third-order valence-corrected chi connectivity index (χ3v) is 3.26. The minimum absolute atomic E-state index is 0.773. The van der Waals surface area contributed by atoms with E-state index in [1.165, 1.54) is 0 Å². The molecule has 0 unspecified atom stereocenters. The molecule has 20 heavy (non-hydrogen) atoms. The molecule has 0 fully saturated rings. The molecule has 0 saturated heterocycles. The van der Waals surface area contributed by atoms with E-state index in [0.29, 0.717) is 0 Å². The van der Waals surface area contributed by atoms with Crippen LogP contribution in [0.1, 0.15) is 0 Å². The van der Waals surface area contributed by atoms with Crippen LogP contribution in [0.5, 0.6) is 11.5 Å². The summed E-state index contributed by atoms with van der Waals surface area (Å²) in [5.41, 5.74) is 1.74. The van der Waals surface area contributed by atoms with Crippen molar-refractivity contribution in [1.82, 2.24) is 9.97 Å². The molecule has 1 aromatic heterocycles.